The molecule has 10 heteroatoms. The third kappa shape index (κ3) is 4.09. The Morgan fingerprint density at radius 3 is 2.84 bits per heavy atom. The van der Waals surface area contributed by atoms with Crippen LogP contribution in [0.2, 0.25) is 0 Å². The molecule has 3 rings (SSSR count). The summed E-state index contributed by atoms with van der Waals surface area (Å²) in [7, 11) is -3.26. The van der Waals surface area contributed by atoms with Gasteiger partial charge in [-0.3, -0.25) is 0 Å². The van der Waals surface area contributed by atoms with E-state index in [1.165, 1.54) is 16.6 Å². The Hall–Kier alpha value is -2.59. The molecule has 3 aromatic rings. The molecule has 0 fully saturated rings. The highest BCUT2D eigenvalue weighted by molar-refractivity contribution is 7.89. The molecular weight excluding hydrogens is 349 g/mol. The summed E-state index contributed by atoms with van der Waals surface area (Å²) in [5.74, 6) is 0.284. The molecule has 0 saturated heterocycles. The number of aromatic nitrogens is 4. The smallest absolute Gasteiger partial charge is 0.231 e. The number of fused-ring (bicyclic) bond motifs is 1. The lowest BCUT2D eigenvalue weighted by Gasteiger charge is -2.07. The van der Waals surface area contributed by atoms with Crippen molar-refractivity contribution in [1.29, 1.82) is 0 Å². The highest BCUT2D eigenvalue weighted by Crippen LogP contribution is 2.19. The molecule has 0 aliphatic rings. The zero-order valence-corrected chi connectivity index (χ0v) is 14.2. The van der Waals surface area contributed by atoms with E-state index in [0.717, 1.165) is 0 Å². The second kappa shape index (κ2) is 7.11. The van der Waals surface area contributed by atoms with Gasteiger partial charge in [-0.15, -0.1) is 15.3 Å². The first-order chi connectivity index (χ1) is 12.0. The number of nitrogens with zero attached hydrogens (tertiary/aromatic N) is 4. The summed E-state index contributed by atoms with van der Waals surface area (Å²) in [4.78, 5) is 0. The first-order valence-electron chi connectivity index (χ1n) is 7.57. The van der Waals surface area contributed by atoms with Gasteiger partial charge in [-0.1, -0.05) is 12.1 Å². The van der Waals surface area contributed by atoms with Crippen molar-refractivity contribution in [2.45, 2.75) is 6.92 Å². The van der Waals surface area contributed by atoms with Gasteiger partial charge in [0, 0.05) is 18.2 Å². The fraction of sp³-hybridized carbons (Fsp3) is 0.267. The van der Waals surface area contributed by atoms with E-state index < -0.39 is 10.0 Å². The van der Waals surface area contributed by atoms with E-state index in [1.54, 1.807) is 31.2 Å². The summed E-state index contributed by atoms with van der Waals surface area (Å²) in [5, 5.41) is 12.3. The molecule has 0 aliphatic carbocycles. The van der Waals surface area contributed by atoms with Crippen LogP contribution in [0.1, 0.15) is 6.92 Å². The zero-order chi connectivity index (χ0) is 17.9. The van der Waals surface area contributed by atoms with E-state index in [4.69, 9.17) is 4.74 Å². The van der Waals surface area contributed by atoms with Gasteiger partial charge >= 0.3 is 0 Å². The third-order valence-corrected chi connectivity index (χ3v) is 4.78. The summed E-state index contributed by atoms with van der Waals surface area (Å²) in [5.41, 5.74) is 1.02. The largest absolute Gasteiger partial charge is 0.475 e. The molecule has 0 saturated carbocycles. The highest BCUT2D eigenvalue weighted by atomic mass is 32.2. The number of rotatable bonds is 7. The Bertz CT molecular complexity index is 990. The number of ether oxygens (including phenoxy) is 1. The van der Waals surface area contributed by atoms with Crippen LogP contribution in [0.5, 0.6) is 5.88 Å². The zero-order valence-electron chi connectivity index (χ0n) is 13.4. The predicted octanol–water partition coefficient (Wildman–Crippen LogP) is 1.25. The maximum Gasteiger partial charge on any atom is 0.231 e. The topological polar surface area (TPSA) is 98.5 Å². The van der Waals surface area contributed by atoms with Crippen LogP contribution in [0.15, 0.2) is 36.4 Å². The van der Waals surface area contributed by atoms with Crippen molar-refractivity contribution in [3.8, 4) is 17.3 Å². The van der Waals surface area contributed by atoms with E-state index in [0.29, 0.717) is 17.0 Å². The average molecular weight is 365 g/mol. The normalized spacial score (nSPS) is 11.8. The van der Waals surface area contributed by atoms with Crippen molar-refractivity contribution in [2.75, 3.05) is 18.9 Å². The Morgan fingerprint density at radius 2 is 2.08 bits per heavy atom. The molecule has 0 bridgehead atoms. The molecule has 1 aromatic carbocycles. The molecule has 25 heavy (non-hydrogen) atoms. The molecule has 8 nitrogen and oxygen atoms in total. The Morgan fingerprint density at radius 1 is 1.24 bits per heavy atom. The molecule has 2 heterocycles. The second-order valence-electron chi connectivity index (χ2n) is 5.12. The molecule has 0 radical (unpaired) electrons. The number of sulfonamides is 1. The monoisotopic (exact) mass is 365 g/mol. The molecule has 0 spiro atoms. The molecule has 0 atom stereocenters. The van der Waals surface area contributed by atoms with Crippen LogP contribution in [-0.4, -0.2) is 47.1 Å². The van der Waals surface area contributed by atoms with Crippen molar-refractivity contribution < 1.29 is 17.5 Å². The van der Waals surface area contributed by atoms with Gasteiger partial charge in [0.2, 0.25) is 15.9 Å². The average Bonchev–Trinajstić information content (AvgIpc) is 3.02. The lowest BCUT2D eigenvalue weighted by atomic mass is 10.2. The standard InChI is InChI=1S/C15H16FN5O3S/c1-2-25(22,23)17-8-9-24-14-7-6-13-18-19-15(21(13)20-14)11-4-3-5-12(16)10-11/h3-7,10,17H,2,8-9H2,1H3. The summed E-state index contributed by atoms with van der Waals surface area (Å²) >= 11 is 0. The van der Waals surface area contributed by atoms with E-state index in [9.17, 15) is 12.8 Å². The van der Waals surface area contributed by atoms with Gasteiger partial charge < -0.3 is 4.74 Å². The lowest BCUT2D eigenvalue weighted by molar-refractivity contribution is 0.306. The van der Waals surface area contributed by atoms with Crippen LogP contribution in [-0.2, 0) is 10.0 Å². The van der Waals surface area contributed by atoms with Crippen molar-refractivity contribution in [2.24, 2.45) is 0 Å². The van der Waals surface area contributed by atoms with Crippen molar-refractivity contribution >= 4 is 15.7 Å². The van der Waals surface area contributed by atoms with E-state index in [-0.39, 0.29) is 30.6 Å². The summed E-state index contributed by atoms with van der Waals surface area (Å²) in [6.45, 7) is 1.81. The van der Waals surface area contributed by atoms with Crippen molar-refractivity contribution in [3.05, 3.63) is 42.2 Å². The minimum absolute atomic E-state index is 0.00884. The van der Waals surface area contributed by atoms with E-state index >= 15 is 0 Å². The molecule has 1 N–H and O–H groups in total. The number of hydrogen-bond acceptors (Lipinski definition) is 6. The molecular formula is C15H16FN5O3S. The molecule has 2 aromatic heterocycles. The fourth-order valence-corrected chi connectivity index (χ4v) is 2.71. The Labute approximate surface area is 143 Å². The minimum Gasteiger partial charge on any atom is -0.475 e. The van der Waals surface area contributed by atoms with Gasteiger partial charge in [-0.05, 0) is 25.1 Å². The SMILES string of the molecule is CCS(=O)(=O)NCCOc1ccc2nnc(-c3cccc(F)c3)n2n1. The Kier molecular flexibility index (Phi) is 4.91. The second-order valence-corrected chi connectivity index (χ2v) is 7.22. The molecule has 0 aliphatic heterocycles. The van der Waals surface area contributed by atoms with Crippen LogP contribution in [0.3, 0.4) is 0 Å². The number of benzene rings is 1. The van der Waals surface area contributed by atoms with Gasteiger partial charge in [-0.2, -0.15) is 4.52 Å². The quantitative estimate of drug-likeness (QED) is 0.633. The van der Waals surface area contributed by atoms with Crippen LogP contribution in [0.25, 0.3) is 17.0 Å². The highest BCUT2D eigenvalue weighted by Gasteiger charge is 2.11. The van der Waals surface area contributed by atoms with Crippen LogP contribution in [0.4, 0.5) is 4.39 Å². The minimum atomic E-state index is -3.26. The van der Waals surface area contributed by atoms with E-state index in [1.807, 2.05) is 0 Å². The van der Waals surface area contributed by atoms with Crippen LogP contribution < -0.4 is 9.46 Å². The fourth-order valence-electron chi connectivity index (χ4n) is 2.11. The summed E-state index contributed by atoms with van der Waals surface area (Å²) in [6.07, 6.45) is 0. The Balaban J connectivity index is 1.77. The van der Waals surface area contributed by atoms with Gasteiger partial charge in [-0.25, -0.2) is 17.5 Å². The first kappa shape index (κ1) is 17.2. The van der Waals surface area contributed by atoms with Gasteiger partial charge in [0.25, 0.3) is 0 Å². The number of hydrogen-bond donors (Lipinski definition) is 1. The summed E-state index contributed by atoms with van der Waals surface area (Å²) in [6, 6.07) is 9.22. The summed E-state index contributed by atoms with van der Waals surface area (Å²) < 4.78 is 45.4. The van der Waals surface area contributed by atoms with Crippen LogP contribution >= 0.6 is 0 Å². The number of halogens is 1. The first-order valence-corrected chi connectivity index (χ1v) is 9.22. The van der Waals surface area contributed by atoms with Crippen LogP contribution in [0, 0.1) is 5.82 Å². The molecule has 0 amide bonds. The maximum absolute atomic E-state index is 13.4. The van der Waals surface area contributed by atoms with Gasteiger partial charge in [0.1, 0.15) is 12.4 Å². The van der Waals surface area contributed by atoms with Crippen molar-refractivity contribution in [3.63, 3.8) is 0 Å². The molecule has 132 valence electrons. The maximum atomic E-state index is 13.4. The number of nitrogens with one attached hydrogen (secondary N) is 1. The van der Waals surface area contributed by atoms with Gasteiger partial charge in [0.15, 0.2) is 11.5 Å². The van der Waals surface area contributed by atoms with E-state index in [2.05, 4.69) is 20.0 Å². The predicted molar refractivity (Wildman–Crippen MR) is 89.1 cm³/mol. The lowest BCUT2D eigenvalue weighted by Crippen LogP contribution is -2.29. The molecule has 0 unspecified atom stereocenters. The van der Waals surface area contributed by atoms with Crippen molar-refractivity contribution in [1.82, 2.24) is 24.5 Å². The third-order valence-electron chi connectivity index (χ3n) is 3.38. The van der Waals surface area contributed by atoms with Gasteiger partial charge in [0.05, 0.1) is 5.75 Å².